The quantitative estimate of drug-likeness (QED) is 0.837. The number of rotatable bonds is 6. The van der Waals surface area contributed by atoms with Crippen molar-refractivity contribution in [2.45, 2.75) is 17.9 Å². The number of ether oxygens (including phenoxy) is 2. The Bertz CT molecular complexity index is 581. The van der Waals surface area contributed by atoms with E-state index in [2.05, 4.69) is 0 Å². The molecule has 0 amide bonds. The average Bonchev–Trinajstić information content (AvgIpc) is 2.44. The summed E-state index contributed by atoms with van der Waals surface area (Å²) in [5, 5.41) is 0.0683. The van der Waals surface area contributed by atoms with Gasteiger partial charge in [-0.3, -0.25) is 0 Å². The molecule has 21 heavy (non-hydrogen) atoms. The van der Waals surface area contributed by atoms with E-state index in [4.69, 9.17) is 26.8 Å². The van der Waals surface area contributed by atoms with Crippen LogP contribution >= 0.6 is 24.0 Å². The normalized spacial score (nSPS) is 12.7. The van der Waals surface area contributed by atoms with Crippen LogP contribution in [-0.4, -0.2) is 46.6 Å². The highest BCUT2D eigenvalue weighted by Crippen LogP contribution is 2.36. The molecule has 0 saturated heterocycles. The maximum absolute atomic E-state index is 12.5. The summed E-state index contributed by atoms with van der Waals surface area (Å²) in [7, 11) is 0.580. The van der Waals surface area contributed by atoms with Crippen LogP contribution in [-0.2, 0) is 10.0 Å². The highest BCUT2D eigenvalue weighted by Gasteiger charge is 2.28. The second-order valence-electron chi connectivity index (χ2n) is 4.24. The molecule has 122 valence electrons. The van der Waals surface area contributed by atoms with Crippen molar-refractivity contribution < 1.29 is 17.9 Å². The number of hydrogen-bond donors (Lipinski definition) is 1. The average molecular weight is 359 g/mol. The van der Waals surface area contributed by atoms with Crippen molar-refractivity contribution in [2.75, 3.05) is 27.8 Å². The van der Waals surface area contributed by atoms with Crippen LogP contribution in [0.3, 0.4) is 0 Å². The van der Waals surface area contributed by atoms with Gasteiger partial charge in [0.1, 0.15) is 4.90 Å². The molecule has 1 aromatic carbocycles. The first-order chi connectivity index (χ1) is 9.29. The van der Waals surface area contributed by atoms with Crippen molar-refractivity contribution in [1.29, 1.82) is 0 Å². The molecule has 6 nitrogen and oxygen atoms in total. The van der Waals surface area contributed by atoms with E-state index in [1.807, 2.05) is 0 Å². The SMILES string of the molecule is COc1cc(Cl)c(S(=O)(=O)N(C)C(C)CN)cc1OC.Cl. The van der Waals surface area contributed by atoms with E-state index in [0.717, 1.165) is 0 Å². The van der Waals surface area contributed by atoms with E-state index < -0.39 is 10.0 Å². The summed E-state index contributed by atoms with van der Waals surface area (Å²) in [5.74, 6) is 0.662. The summed E-state index contributed by atoms with van der Waals surface area (Å²) in [6, 6.07) is 2.41. The highest BCUT2D eigenvalue weighted by atomic mass is 35.5. The molecule has 0 aliphatic carbocycles. The van der Waals surface area contributed by atoms with E-state index >= 15 is 0 Å². The Morgan fingerprint density at radius 3 is 2.19 bits per heavy atom. The van der Waals surface area contributed by atoms with E-state index in [-0.39, 0.29) is 34.9 Å². The van der Waals surface area contributed by atoms with Gasteiger partial charge in [-0.05, 0) is 6.92 Å². The summed E-state index contributed by atoms with van der Waals surface area (Å²) in [6.45, 7) is 1.92. The Kier molecular flexibility index (Phi) is 7.77. The van der Waals surface area contributed by atoms with Crippen molar-refractivity contribution in [3.05, 3.63) is 17.2 Å². The number of halogens is 2. The molecule has 0 aliphatic heterocycles. The van der Waals surface area contributed by atoms with Gasteiger partial charge >= 0.3 is 0 Å². The maximum atomic E-state index is 12.5. The van der Waals surface area contributed by atoms with Gasteiger partial charge < -0.3 is 15.2 Å². The van der Waals surface area contributed by atoms with Gasteiger partial charge in [0.2, 0.25) is 10.0 Å². The van der Waals surface area contributed by atoms with Gasteiger partial charge in [-0.1, -0.05) is 11.6 Å². The van der Waals surface area contributed by atoms with Crippen LogP contribution in [0.2, 0.25) is 5.02 Å². The predicted octanol–water partition coefficient (Wildman–Crippen LogP) is 1.75. The second-order valence-corrected chi connectivity index (χ2v) is 6.62. The topological polar surface area (TPSA) is 81.9 Å². The van der Waals surface area contributed by atoms with Gasteiger partial charge in [0.15, 0.2) is 11.5 Å². The third kappa shape index (κ3) is 4.14. The van der Waals surface area contributed by atoms with Gasteiger partial charge in [0.25, 0.3) is 0 Å². The van der Waals surface area contributed by atoms with Crippen molar-refractivity contribution in [3.63, 3.8) is 0 Å². The number of benzene rings is 1. The smallest absolute Gasteiger partial charge is 0.244 e. The highest BCUT2D eigenvalue weighted by molar-refractivity contribution is 7.89. The van der Waals surface area contributed by atoms with Crippen LogP contribution in [0.25, 0.3) is 0 Å². The largest absolute Gasteiger partial charge is 0.493 e. The molecular formula is C12H20Cl2N2O4S. The van der Waals surface area contributed by atoms with Crippen LogP contribution < -0.4 is 15.2 Å². The van der Waals surface area contributed by atoms with Gasteiger partial charge in [0, 0.05) is 31.8 Å². The molecule has 0 spiro atoms. The predicted molar refractivity (Wildman–Crippen MR) is 85.3 cm³/mol. The van der Waals surface area contributed by atoms with Crippen molar-refractivity contribution in [2.24, 2.45) is 5.73 Å². The van der Waals surface area contributed by atoms with E-state index in [9.17, 15) is 8.42 Å². The number of sulfonamides is 1. The van der Waals surface area contributed by atoms with Gasteiger partial charge in [-0.25, -0.2) is 8.42 Å². The maximum Gasteiger partial charge on any atom is 0.244 e. The number of hydrogen-bond acceptors (Lipinski definition) is 5. The first-order valence-corrected chi connectivity index (χ1v) is 7.71. The Morgan fingerprint density at radius 1 is 1.29 bits per heavy atom. The zero-order valence-corrected chi connectivity index (χ0v) is 14.7. The first kappa shape index (κ1) is 20.3. The lowest BCUT2D eigenvalue weighted by atomic mass is 10.3. The Labute approximate surface area is 136 Å². The van der Waals surface area contributed by atoms with Crippen molar-refractivity contribution in [3.8, 4) is 11.5 Å². The number of likely N-dealkylation sites (N-methyl/N-ethyl adjacent to an activating group) is 1. The third-order valence-electron chi connectivity index (χ3n) is 3.06. The molecule has 2 N–H and O–H groups in total. The summed E-state index contributed by atoms with van der Waals surface area (Å²) < 4.78 is 36.4. The first-order valence-electron chi connectivity index (χ1n) is 5.89. The Hall–Kier alpha value is -0.730. The summed E-state index contributed by atoms with van der Waals surface area (Å²) in [6.07, 6.45) is 0. The molecule has 1 atom stereocenters. The van der Waals surface area contributed by atoms with Crippen LogP contribution in [0.5, 0.6) is 11.5 Å². The van der Waals surface area contributed by atoms with Crippen LogP contribution in [0, 0.1) is 0 Å². The molecule has 1 unspecified atom stereocenters. The molecule has 0 bridgehead atoms. The van der Waals surface area contributed by atoms with Crippen molar-refractivity contribution >= 4 is 34.0 Å². The van der Waals surface area contributed by atoms with E-state index in [1.165, 1.54) is 37.7 Å². The lowest BCUT2D eigenvalue weighted by Crippen LogP contribution is -2.39. The minimum atomic E-state index is -3.75. The minimum absolute atomic E-state index is 0. The standard InChI is InChI=1S/C12H19ClN2O4S.ClH/c1-8(7-14)15(2)20(16,17)12-6-11(19-4)10(18-3)5-9(12)13;/h5-6,8H,7,14H2,1-4H3;1H. The zero-order valence-electron chi connectivity index (χ0n) is 12.3. The molecule has 9 heteroatoms. The molecule has 1 aromatic rings. The molecule has 0 radical (unpaired) electrons. The Morgan fingerprint density at radius 2 is 1.76 bits per heavy atom. The number of nitrogens with zero attached hydrogens (tertiary/aromatic N) is 1. The molecular weight excluding hydrogens is 339 g/mol. The molecule has 0 aromatic heterocycles. The van der Waals surface area contributed by atoms with Gasteiger partial charge in [-0.2, -0.15) is 4.31 Å². The lowest BCUT2D eigenvalue weighted by molar-refractivity contribution is 0.353. The summed E-state index contributed by atoms with van der Waals surface area (Å²) in [5.41, 5.74) is 5.50. The monoisotopic (exact) mass is 358 g/mol. The van der Waals surface area contributed by atoms with Gasteiger partial charge in [-0.15, -0.1) is 12.4 Å². The molecule has 0 aliphatic rings. The van der Waals surface area contributed by atoms with E-state index in [1.54, 1.807) is 6.92 Å². The zero-order chi connectivity index (χ0) is 15.5. The fourth-order valence-corrected chi connectivity index (χ4v) is 3.45. The Balaban J connectivity index is 0.00000400. The van der Waals surface area contributed by atoms with Gasteiger partial charge in [0.05, 0.1) is 19.2 Å². The van der Waals surface area contributed by atoms with Crippen LogP contribution in [0.15, 0.2) is 17.0 Å². The number of methoxy groups -OCH3 is 2. The van der Waals surface area contributed by atoms with Crippen LogP contribution in [0.4, 0.5) is 0 Å². The third-order valence-corrected chi connectivity index (χ3v) is 5.49. The fourth-order valence-electron chi connectivity index (χ4n) is 1.57. The lowest BCUT2D eigenvalue weighted by Gasteiger charge is -2.24. The fraction of sp³-hybridized carbons (Fsp3) is 0.500. The van der Waals surface area contributed by atoms with Crippen molar-refractivity contribution in [1.82, 2.24) is 4.31 Å². The summed E-state index contributed by atoms with van der Waals surface area (Å²) in [4.78, 5) is -0.0420. The second kappa shape index (κ2) is 8.05. The molecule has 0 heterocycles. The minimum Gasteiger partial charge on any atom is -0.493 e. The van der Waals surface area contributed by atoms with E-state index in [0.29, 0.717) is 11.5 Å². The molecule has 1 rings (SSSR count). The molecule has 0 saturated carbocycles. The van der Waals surface area contributed by atoms with Crippen LogP contribution in [0.1, 0.15) is 6.92 Å². The number of nitrogens with two attached hydrogens (primary N) is 1. The summed E-state index contributed by atoms with van der Waals surface area (Å²) >= 11 is 6.04. The molecule has 0 fully saturated rings.